The van der Waals surface area contributed by atoms with Gasteiger partial charge < -0.3 is 4.18 Å². The second-order valence-corrected chi connectivity index (χ2v) is 12.0. The molecule has 0 amide bonds. The van der Waals surface area contributed by atoms with Gasteiger partial charge in [-0.2, -0.15) is 8.42 Å². The van der Waals surface area contributed by atoms with Crippen LogP contribution in [0.25, 0.3) is 22.4 Å². The van der Waals surface area contributed by atoms with E-state index in [1.54, 1.807) is 48.7 Å². The molecular formula is C25H21ClN2O5S2. The Balaban J connectivity index is 1.84. The summed E-state index contributed by atoms with van der Waals surface area (Å²) >= 11 is 6.42. The molecular weight excluding hydrogens is 508 g/mol. The Morgan fingerprint density at radius 1 is 0.800 bits per heavy atom. The number of sulfone groups is 1. The van der Waals surface area contributed by atoms with E-state index in [2.05, 4.69) is 9.97 Å². The smallest absolute Gasteiger partial charge is 0.340 e. The minimum absolute atomic E-state index is 0.0216. The maximum atomic E-state index is 12.9. The van der Waals surface area contributed by atoms with Crippen LogP contribution in [0.4, 0.5) is 0 Å². The highest BCUT2D eigenvalue weighted by molar-refractivity contribution is 7.90. The average Bonchev–Trinajstić information content (AvgIpc) is 2.80. The van der Waals surface area contributed by atoms with Gasteiger partial charge in [-0.1, -0.05) is 41.4 Å². The van der Waals surface area contributed by atoms with Gasteiger partial charge in [-0.05, 0) is 61.9 Å². The van der Waals surface area contributed by atoms with E-state index >= 15 is 0 Å². The van der Waals surface area contributed by atoms with Crippen LogP contribution in [0.5, 0.6) is 5.88 Å². The number of halogens is 1. The fraction of sp³-hybridized carbons (Fsp3) is 0.120. The van der Waals surface area contributed by atoms with E-state index in [0.717, 1.165) is 17.5 Å². The van der Waals surface area contributed by atoms with Gasteiger partial charge in [0, 0.05) is 29.3 Å². The molecule has 0 aliphatic carbocycles. The summed E-state index contributed by atoms with van der Waals surface area (Å²) in [6.45, 7) is 3.69. The van der Waals surface area contributed by atoms with Crippen LogP contribution >= 0.6 is 11.6 Å². The van der Waals surface area contributed by atoms with Crippen molar-refractivity contribution < 1.29 is 21.0 Å². The second kappa shape index (κ2) is 9.41. The summed E-state index contributed by atoms with van der Waals surface area (Å²) < 4.78 is 54.7. The molecule has 0 fully saturated rings. The quantitative estimate of drug-likeness (QED) is 0.315. The molecule has 2 aromatic carbocycles. The third-order valence-corrected chi connectivity index (χ3v) is 7.85. The summed E-state index contributed by atoms with van der Waals surface area (Å²) in [7, 11) is -7.56. The Morgan fingerprint density at radius 3 is 1.97 bits per heavy atom. The Kier molecular flexibility index (Phi) is 6.68. The van der Waals surface area contributed by atoms with Crippen molar-refractivity contribution in [3.63, 3.8) is 0 Å². The molecule has 0 spiro atoms. The summed E-state index contributed by atoms with van der Waals surface area (Å²) in [5.74, 6) is -0.278. The molecule has 2 aromatic heterocycles. The van der Waals surface area contributed by atoms with Crippen LogP contribution in [0.2, 0.25) is 5.02 Å². The molecule has 0 aliphatic rings. The van der Waals surface area contributed by atoms with Gasteiger partial charge in [0.15, 0.2) is 9.84 Å². The van der Waals surface area contributed by atoms with Crippen molar-refractivity contribution in [2.24, 2.45) is 0 Å². The van der Waals surface area contributed by atoms with Crippen LogP contribution in [-0.4, -0.2) is 33.1 Å². The van der Waals surface area contributed by atoms with Gasteiger partial charge in [0.05, 0.1) is 10.6 Å². The lowest BCUT2D eigenvalue weighted by atomic mass is 10.00. The third-order valence-electron chi connectivity index (χ3n) is 5.22. The minimum atomic E-state index is -4.19. The Bertz CT molecular complexity index is 1600. The number of hydrogen-bond acceptors (Lipinski definition) is 7. The number of pyridine rings is 2. The molecule has 4 aromatic rings. The first-order valence-corrected chi connectivity index (χ1v) is 14.1. The molecule has 10 heteroatoms. The van der Waals surface area contributed by atoms with Crippen molar-refractivity contribution in [2.75, 3.05) is 6.26 Å². The Hall–Kier alpha value is -3.27. The van der Waals surface area contributed by atoms with E-state index in [4.69, 9.17) is 15.8 Å². The van der Waals surface area contributed by atoms with E-state index in [9.17, 15) is 16.8 Å². The first kappa shape index (κ1) is 24.8. The standard InChI is InChI=1S/C25H21ClN2O5S2/c1-16-4-10-21(11-5-16)35(31,32)33-25-23(26)14-22(18-8-12-20(13-9-18)34(3,29)30)24(28-25)19-7-6-17(2)27-15-19/h4-15H,1-3H3. The van der Waals surface area contributed by atoms with Crippen molar-refractivity contribution in [1.82, 2.24) is 9.97 Å². The predicted molar refractivity (Wildman–Crippen MR) is 135 cm³/mol. The normalized spacial score (nSPS) is 11.9. The van der Waals surface area contributed by atoms with Gasteiger partial charge in [-0.25, -0.2) is 13.4 Å². The van der Waals surface area contributed by atoms with E-state index < -0.39 is 20.0 Å². The summed E-state index contributed by atoms with van der Waals surface area (Å²) in [4.78, 5) is 8.91. The van der Waals surface area contributed by atoms with Crippen molar-refractivity contribution in [3.05, 3.63) is 89.2 Å². The lowest BCUT2D eigenvalue weighted by Gasteiger charge is -2.14. The molecule has 0 bridgehead atoms. The summed E-state index contributed by atoms with van der Waals surface area (Å²) in [5.41, 5.74) is 3.87. The van der Waals surface area contributed by atoms with Crippen LogP contribution in [0, 0.1) is 13.8 Å². The van der Waals surface area contributed by atoms with Gasteiger partial charge in [0.25, 0.3) is 5.88 Å². The third kappa shape index (κ3) is 5.53. The number of nitrogens with zero attached hydrogens (tertiary/aromatic N) is 2. The second-order valence-electron chi connectivity index (χ2n) is 8.01. The highest BCUT2D eigenvalue weighted by atomic mass is 35.5. The Morgan fingerprint density at radius 2 is 1.40 bits per heavy atom. The average molecular weight is 529 g/mol. The Labute approximate surface area is 209 Å². The van der Waals surface area contributed by atoms with E-state index in [1.807, 2.05) is 13.8 Å². The van der Waals surface area contributed by atoms with Crippen LogP contribution in [0.1, 0.15) is 11.3 Å². The lowest BCUT2D eigenvalue weighted by molar-refractivity contribution is 0.476. The number of rotatable bonds is 6. The van der Waals surface area contributed by atoms with Gasteiger partial charge in [0.2, 0.25) is 0 Å². The summed E-state index contributed by atoms with van der Waals surface area (Å²) in [6.07, 6.45) is 2.74. The van der Waals surface area contributed by atoms with E-state index in [1.165, 1.54) is 24.3 Å². The largest absolute Gasteiger partial charge is 0.357 e. The van der Waals surface area contributed by atoms with Crippen LogP contribution < -0.4 is 4.18 Å². The van der Waals surface area contributed by atoms with Crippen LogP contribution in [-0.2, 0) is 20.0 Å². The zero-order valence-corrected chi connectivity index (χ0v) is 21.4. The molecule has 2 heterocycles. The molecule has 0 saturated heterocycles. The minimum Gasteiger partial charge on any atom is -0.357 e. The molecule has 4 rings (SSSR count). The highest BCUT2D eigenvalue weighted by Gasteiger charge is 2.22. The monoisotopic (exact) mass is 528 g/mol. The highest BCUT2D eigenvalue weighted by Crippen LogP contribution is 2.37. The van der Waals surface area contributed by atoms with Crippen molar-refractivity contribution in [3.8, 4) is 28.3 Å². The molecule has 0 unspecified atom stereocenters. The molecule has 0 atom stereocenters. The lowest BCUT2D eigenvalue weighted by Crippen LogP contribution is -2.11. The van der Waals surface area contributed by atoms with Crippen molar-refractivity contribution in [2.45, 2.75) is 23.6 Å². The van der Waals surface area contributed by atoms with Crippen LogP contribution in [0.15, 0.2) is 82.7 Å². The molecule has 0 N–H and O–H groups in total. The topological polar surface area (TPSA) is 103 Å². The molecule has 0 aliphatic heterocycles. The van der Waals surface area contributed by atoms with Gasteiger partial charge in [-0.15, -0.1) is 0 Å². The first-order chi connectivity index (χ1) is 16.4. The maximum Gasteiger partial charge on any atom is 0.340 e. The maximum absolute atomic E-state index is 12.9. The molecule has 180 valence electrons. The van der Waals surface area contributed by atoms with Crippen molar-refractivity contribution >= 4 is 31.6 Å². The number of hydrogen-bond donors (Lipinski definition) is 0. The van der Waals surface area contributed by atoms with Gasteiger partial charge in [-0.3, -0.25) is 4.98 Å². The van der Waals surface area contributed by atoms with Crippen LogP contribution in [0.3, 0.4) is 0 Å². The summed E-state index contributed by atoms with van der Waals surface area (Å²) in [6, 6.07) is 17.6. The van der Waals surface area contributed by atoms with E-state index in [-0.39, 0.29) is 20.7 Å². The number of aromatic nitrogens is 2. The molecule has 0 saturated carbocycles. The zero-order valence-electron chi connectivity index (χ0n) is 19.1. The van der Waals surface area contributed by atoms with Crippen molar-refractivity contribution in [1.29, 1.82) is 0 Å². The predicted octanol–water partition coefficient (Wildman–Crippen LogP) is 5.25. The summed E-state index contributed by atoms with van der Waals surface area (Å²) in [5, 5.41) is -0.0216. The fourth-order valence-corrected chi connectivity index (χ4v) is 5.08. The van der Waals surface area contributed by atoms with Gasteiger partial charge >= 0.3 is 10.1 Å². The van der Waals surface area contributed by atoms with E-state index in [0.29, 0.717) is 22.4 Å². The first-order valence-electron chi connectivity index (χ1n) is 10.4. The number of benzene rings is 2. The fourth-order valence-electron chi connectivity index (χ4n) is 3.32. The molecule has 0 radical (unpaired) electrons. The SMILES string of the molecule is Cc1ccc(S(=O)(=O)Oc2nc(-c3ccc(C)nc3)c(-c3ccc(S(C)(=O)=O)cc3)cc2Cl)cc1. The number of aryl methyl sites for hydroxylation is 2. The zero-order chi connectivity index (χ0) is 25.4. The van der Waals surface area contributed by atoms with Gasteiger partial charge in [0.1, 0.15) is 9.92 Å². The molecule has 35 heavy (non-hydrogen) atoms. The molecule has 7 nitrogen and oxygen atoms in total.